The second-order valence-corrected chi connectivity index (χ2v) is 4.70. The van der Waals surface area contributed by atoms with Crippen LogP contribution in [0.4, 0.5) is 5.69 Å². The smallest absolute Gasteiger partial charge is 0.250 e. The molecule has 0 spiro atoms. The third kappa shape index (κ3) is 3.12. The van der Waals surface area contributed by atoms with Crippen LogP contribution in [-0.4, -0.2) is 18.0 Å². The first kappa shape index (κ1) is 12.8. The minimum atomic E-state index is -0.494. The van der Waals surface area contributed by atoms with E-state index in [2.05, 4.69) is 5.32 Å². The molecule has 0 aromatic heterocycles. The van der Waals surface area contributed by atoms with Crippen LogP contribution in [-0.2, 0) is 0 Å². The van der Waals surface area contributed by atoms with E-state index in [1.54, 1.807) is 18.2 Å². The standard InChI is InChI=1S/C11H16ClN3O/c1-11(2,6-13)15-9-5-7(12)3-4-8(9)10(14)16/h3-5,15H,6,13H2,1-2H3,(H2,14,16). The number of carbonyl (C=O) groups excluding carboxylic acids is 1. The van der Waals surface area contributed by atoms with E-state index in [4.69, 9.17) is 23.1 Å². The highest BCUT2D eigenvalue weighted by Gasteiger charge is 2.18. The maximum absolute atomic E-state index is 11.2. The van der Waals surface area contributed by atoms with Gasteiger partial charge in [0.15, 0.2) is 0 Å². The minimum Gasteiger partial charge on any atom is -0.378 e. The monoisotopic (exact) mass is 241 g/mol. The first-order valence-electron chi connectivity index (χ1n) is 4.93. The van der Waals surface area contributed by atoms with E-state index in [-0.39, 0.29) is 5.54 Å². The first-order chi connectivity index (χ1) is 7.35. The lowest BCUT2D eigenvalue weighted by Crippen LogP contribution is -2.39. The van der Waals surface area contributed by atoms with E-state index in [9.17, 15) is 4.79 Å². The van der Waals surface area contributed by atoms with Crippen molar-refractivity contribution in [1.29, 1.82) is 0 Å². The third-order valence-corrected chi connectivity index (χ3v) is 2.47. The predicted octanol–water partition coefficient (Wildman–Crippen LogP) is 1.59. The summed E-state index contributed by atoms with van der Waals surface area (Å²) in [6.45, 7) is 4.29. The van der Waals surface area contributed by atoms with Crippen molar-refractivity contribution < 1.29 is 4.79 Å². The third-order valence-electron chi connectivity index (χ3n) is 2.23. The van der Waals surface area contributed by atoms with E-state index in [0.717, 1.165) is 0 Å². The quantitative estimate of drug-likeness (QED) is 0.749. The molecule has 5 heteroatoms. The summed E-state index contributed by atoms with van der Waals surface area (Å²) in [5.41, 5.74) is 11.6. The Balaban J connectivity index is 3.10. The van der Waals surface area contributed by atoms with E-state index in [1.807, 2.05) is 13.8 Å². The van der Waals surface area contributed by atoms with Gasteiger partial charge in [0.05, 0.1) is 5.56 Å². The summed E-state index contributed by atoms with van der Waals surface area (Å²) in [5, 5.41) is 3.69. The van der Waals surface area contributed by atoms with Crippen LogP contribution in [0.2, 0.25) is 5.02 Å². The number of primary amides is 1. The number of hydrogen-bond donors (Lipinski definition) is 3. The van der Waals surface area contributed by atoms with Gasteiger partial charge in [0, 0.05) is 22.8 Å². The van der Waals surface area contributed by atoms with Gasteiger partial charge in [0.1, 0.15) is 0 Å². The average molecular weight is 242 g/mol. The van der Waals surface area contributed by atoms with Gasteiger partial charge in [-0.3, -0.25) is 4.79 Å². The second kappa shape index (κ2) is 4.72. The number of anilines is 1. The van der Waals surface area contributed by atoms with E-state index < -0.39 is 5.91 Å². The molecule has 0 bridgehead atoms. The summed E-state index contributed by atoms with van der Waals surface area (Å²) in [7, 11) is 0. The molecule has 1 rings (SSSR count). The maximum atomic E-state index is 11.2. The lowest BCUT2D eigenvalue weighted by molar-refractivity contribution is 0.100. The summed E-state index contributed by atoms with van der Waals surface area (Å²) in [6, 6.07) is 4.89. The molecule has 1 amide bonds. The van der Waals surface area contributed by atoms with Gasteiger partial charge < -0.3 is 16.8 Å². The molecule has 0 fully saturated rings. The molecular weight excluding hydrogens is 226 g/mol. The van der Waals surface area contributed by atoms with E-state index in [1.165, 1.54) is 0 Å². The Morgan fingerprint density at radius 1 is 1.50 bits per heavy atom. The Hall–Kier alpha value is -1.26. The number of carbonyl (C=O) groups is 1. The molecule has 1 aromatic rings. The summed E-state index contributed by atoms with van der Waals surface area (Å²) in [6.07, 6.45) is 0. The van der Waals surface area contributed by atoms with Gasteiger partial charge in [-0.25, -0.2) is 0 Å². The predicted molar refractivity (Wildman–Crippen MR) is 66.7 cm³/mol. The summed E-state index contributed by atoms with van der Waals surface area (Å²) in [4.78, 5) is 11.2. The summed E-state index contributed by atoms with van der Waals surface area (Å²) in [5.74, 6) is -0.494. The molecule has 0 unspecified atom stereocenters. The molecule has 0 heterocycles. The zero-order chi connectivity index (χ0) is 12.3. The molecule has 0 saturated carbocycles. The van der Waals surface area contributed by atoms with Crippen molar-refractivity contribution in [3.8, 4) is 0 Å². The molecule has 1 aromatic carbocycles. The lowest BCUT2D eigenvalue weighted by Gasteiger charge is -2.26. The van der Waals surface area contributed by atoms with Gasteiger partial charge >= 0.3 is 0 Å². The molecule has 88 valence electrons. The maximum Gasteiger partial charge on any atom is 0.250 e. The highest BCUT2D eigenvalue weighted by Crippen LogP contribution is 2.23. The van der Waals surface area contributed by atoms with E-state index >= 15 is 0 Å². The molecule has 16 heavy (non-hydrogen) atoms. The number of benzene rings is 1. The topological polar surface area (TPSA) is 81.1 Å². The van der Waals surface area contributed by atoms with Crippen LogP contribution in [0, 0.1) is 0 Å². The summed E-state index contributed by atoms with van der Waals surface area (Å²) >= 11 is 5.87. The van der Waals surface area contributed by atoms with Crippen LogP contribution in [0.3, 0.4) is 0 Å². The van der Waals surface area contributed by atoms with Crippen molar-refractivity contribution in [2.45, 2.75) is 19.4 Å². The Morgan fingerprint density at radius 3 is 2.62 bits per heavy atom. The van der Waals surface area contributed by atoms with Crippen LogP contribution in [0.15, 0.2) is 18.2 Å². The number of nitrogens with one attached hydrogen (secondary N) is 1. The Bertz CT molecular complexity index is 404. The number of halogens is 1. The van der Waals surface area contributed by atoms with Gasteiger partial charge in [-0.2, -0.15) is 0 Å². The largest absolute Gasteiger partial charge is 0.378 e. The molecule has 0 radical (unpaired) electrons. The van der Waals surface area contributed by atoms with Crippen molar-refractivity contribution in [1.82, 2.24) is 0 Å². The number of nitrogens with two attached hydrogens (primary N) is 2. The summed E-state index contributed by atoms with van der Waals surface area (Å²) < 4.78 is 0. The molecule has 0 aliphatic carbocycles. The van der Waals surface area contributed by atoms with Crippen LogP contribution in [0.25, 0.3) is 0 Å². The zero-order valence-corrected chi connectivity index (χ0v) is 10.1. The molecular formula is C11H16ClN3O. The van der Waals surface area contributed by atoms with E-state index in [0.29, 0.717) is 22.8 Å². The van der Waals surface area contributed by atoms with Crippen molar-refractivity contribution in [2.24, 2.45) is 11.5 Å². The normalized spacial score (nSPS) is 11.2. The lowest BCUT2D eigenvalue weighted by atomic mass is 10.0. The molecule has 0 aliphatic heterocycles. The fourth-order valence-corrected chi connectivity index (χ4v) is 1.42. The number of amides is 1. The van der Waals surface area contributed by atoms with Gasteiger partial charge in [-0.15, -0.1) is 0 Å². The highest BCUT2D eigenvalue weighted by atomic mass is 35.5. The van der Waals surface area contributed by atoms with Gasteiger partial charge in [-0.1, -0.05) is 11.6 Å². The SMILES string of the molecule is CC(C)(CN)Nc1cc(Cl)ccc1C(N)=O. The number of rotatable bonds is 4. The van der Waals surface area contributed by atoms with Crippen molar-refractivity contribution in [2.75, 3.05) is 11.9 Å². The first-order valence-corrected chi connectivity index (χ1v) is 5.31. The average Bonchev–Trinajstić information content (AvgIpc) is 2.16. The minimum absolute atomic E-state index is 0.325. The van der Waals surface area contributed by atoms with Gasteiger partial charge in [-0.05, 0) is 32.0 Å². The van der Waals surface area contributed by atoms with Gasteiger partial charge in [0.2, 0.25) is 0 Å². The fraction of sp³-hybridized carbons (Fsp3) is 0.364. The Morgan fingerprint density at radius 2 is 2.12 bits per heavy atom. The number of hydrogen-bond acceptors (Lipinski definition) is 3. The second-order valence-electron chi connectivity index (χ2n) is 4.27. The van der Waals surface area contributed by atoms with Crippen molar-refractivity contribution in [3.05, 3.63) is 28.8 Å². The molecule has 0 atom stereocenters. The van der Waals surface area contributed by atoms with Crippen LogP contribution in [0.5, 0.6) is 0 Å². The van der Waals surface area contributed by atoms with Gasteiger partial charge in [0.25, 0.3) is 5.91 Å². The Kier molecular flexibility index (Phi) is 3.78. The molecule has 0 aliphatic rings. The molecule has 4 nitrogen and oxygen atoms in total. The fourth-order valence-electron chi connectivity index (χ4n) is 1.25. The zero-order valence-electron chi connectivity index (χ0n) is 9.38. The van der Waals surface area contributed by atoms with Crippen LogP contribution < -0.4 is 16.8 Å². The van der Waals surface area contributed by atoms with Crippen molar-refractivity contribution >= 4 is 23.2 Å². The highest BCUT2D eigenvalue weighted by molar-refractivity contribution is 6.31. The Labute approximate surface area is 100.0 Å². The van der Waals surface area contributed by atoms with Crippen molar-refractivity contribution in [3.63, 3.8) is 0 Å². The molecule has 0 saturated heterocycles. The van der Waals surface area contributed by atoms with Crippen LogP contribution in [0.1, 0.15) is 24.2 Å². The van der Waals surface area contributed by atoms with Crippen LogP contribution >= 0.6 is 11.6 Å². The molecule has 5 N–H and O–H groups in total.